The minimum absolute atomic E-state index is 0. The van der Waals surface area contributed by atoms with E-state index >= 15 is 0 Å². The van der Waals surface area contributed by atoms with Crippen molar-refractivity contribution in [3.63, 3.8) is 0 Å². The van der Waals surface area contributed by atoms with Crippen molar-refractivity contribution in [2.45, 2.75) is 39.5 Å². The molecule has 0 fully saturated rings. The van der Waals surface area contributed by atoms with Crippen molar-refractivity contribution >= 4 is 25.3 Å². The monoisotopic (exact) mass is 241 g/mol. The van der Waals surface area contributed by atoms with E-state index in [9.17, 15) is 0 Å². The van der Waals surface area contributed by atoms with Gasteiger partial charge in [0, 0.05) is 0 Å². The van der Waals surface area contributed by atoms with Crippen LogP contribution in [0.3, 0.4) is 0 Å². The van der Waals surface area contributed by atoms with E-state index < -0.39 is 0 Å². The van der Waals surface area contributed by atoms with Crippen LogP contribution in [0.25, 0.3) is 0 Å². The SMILES string of the molecule is CCCC[S-].CCCC[S-].[Cu+2]. The summed E-state index contributed by atoms with van der Waals surface area (Å²) < 4.78 is 0. The summed E-state index contributed by atoms with van der Waals surface area (Å²) in [6, 6.07) is 0. The van der Waals surface area contributed by atoms with Gasteiger partial charge in [-0.2, -0.15) is 11.5 Å². The van der Waals surface area contributed by atoms with Gasteiger partial charge in [0.2, 0.25) is 0 Å². The molecule has 1 radical (unpaired) electrons. The maximum atomic E-state index is 4.65. The maximum absolute atomic E-state index is 4.65. The fourth-order valence-electron chi connectivity index (χ4n) is 0.289. The van der Waals surface area contributed by atoms with E-state index in [4.69, 9.17) is 0 Å². The summed E-state index contributed by atoms with van der Waals surface area (Å²) >= 11 is 9.30. The fourth-order valence-corrected chi connectivity index (χ4v) is 0.866. The van der Waals surface area contributed by atoms with Crippen molar-refractivity contribution in [3.05, 3.63) is 0 Å². The van der Waals surface area contributed by atoms with Crippen molar-refractivity contribution in [3.8, 4) is 0 Å². The van der Waals surface area contributed by atoms with Crippen molar-refractivity contribution in [1.29, 1.82) is 0 Å². The molecule has 0 nitrogen and oxygen atoms in total. The van der Waals surface area contributed by atoms with Crippen molar-refractivity contribution in [2.75, 3.05) is 11.5 Å². The summed E-state index contributed by atoms with van der Waals surface area (Å²) in [6.07, 6.45) is 4.89. The van der Waals surface area contributed by atoms with Gasteiger partial charge in [-0.1, -0.05) is 39.5 Å². The fraction of sp³-hybridized carbons (Fsp3) is 1.00. The Kier molecular flexibility index (Phi) is 37.0. The van der Waals surface area contributed by atoms with Crippen LogP contribution in [0.15, 0.2) is 0 Å². The van der Waals surface area contributed by atoms with E-state index in [2.05, 4.69) is 39.1 Å². The molecule has 0 N–H and O–H groups in total. The summed E-state index contributed by atoms with van der Waals surface area (Å²) in [7, 11) is 0. The van der Waals surface area contributed by atoms with E-state index in [1.54, 1.807) is 0 Å². The number of hydrogen-bond acceptors (Lipinski definition) is 2. The van der Waals surface area contributed by atoms with Crippen molar-refractivity contribution in [1.82, 2.24) is 0 Å². The normalized spacial score (nSPS) is 7.64. The van der Waals surface area contributed by atoms with Crippen molar-refractivity contribution < 1.29 is 17.1 Å². The number of hydrogen-bond donors (Lipinski definition) is 0. The van der Waals surface area contributed by atoms with Gasteiger partial charge in [0.15, 0.2) is 0 Å². The van der Waals surface area contributed by atoms with Crippen LogP contribution in [-0.4, -0.2) is 11.5 Å². The standard InChI is InChI=1S/2C4H10S.Cu/c2*1-2-3-4-5;/h2*5H,2-4H2,1H3;/q;;+2/p-2. The molecule has 0 aromatic heterocycles. The average molecular weight is 242 g/mol. The minimum atomic E-state index is 0. The van der Waals surface area contributed by atoms with Gasteiger partial charge in [-0.3, -0.25) is 0 Å². The molecule has 0 aliphatic heterocycles. The maximum Gasteiger partial charge on any atom is 2.00 e. The Balaban J connectivity index is -0.000000107. The molecule has 0 amide bonds. The summed E-state index contributed by atoms with van der Waals surface area (Å²) in [5.41, 5.74) is 0. The van der Waals surface area contributed by atoms with Gasteiger partial charge in [0.1, 0.15) is 0 Å². The Morgan fingerprint density at radius 1 is 0.818 bits per heavy atom. The van der Waals surface area contributed by atoms with Crippen LogP contribution >= 0.6 is 0 Å². The van der Waals surface area contributed by atoms with E-state index in [0.717, 1.165) is 11.5 Å². The molecule has 0 aromatic carbocycles. The third-order valence-electron chi connectivity index (χ3n) is 0.996. The third-order valence-corrected chi connectivity index (χ3v) is 1.57. The molecule has 0 aliphatic carbocycles. The molecular formula is C8H18CuS2. The molecule has 0 saturated carbocycles. The smallest absolute Gasteiger partial charge is 0.793 e. The summed E-state index contributed by atoms with van der Waals surface area (Å²) in [4.78, 5) is 0. The Labute approximate surface area is 93.2 Å². The molecule has 0 bridgehead atoms. The molecule has 0 saturated heterocycles. The number of rotatable bonds is 4. The first-order valence-corrected chi connectivity index (χ1v) is 5.15. The van der Waals surface area contributed by atoms with E-state index in [1.165, 1.54) is 25.7 Å². The first-order valence-electron chi connectivity index (χ1n) is 3.99. The van der Waals surface area contributed by atoms with Gasteiger partial charge >= 0.3 is 17.1 Å². The zero-order chi connectivity index (χ0) is 8.24. The Bertz CT molecular complexity index is 33.1. The second-order valence-electron chi connectivity index (χ2n) is 2.12. The Hall–Kier alpha value is 1.22. The molecule has 0 heterocycles. The van der Waals surface area contributed by atoms with Gasteiger partial charge in [-0.05, 0) is 0 Å². The summed E-state index contributed by atoms with van der Waals surface area (Å²) in [5, 5.41) is 0. The largest absolute Gasteiger partial charge is 2.00 e. The van der Waals surface area contributed by atoms with E-state index in [1.807, 2.05) is 0 Å². The molecule has 11 heavy (non-hydrogen) atoms. The Morgan fingerprint density at radius 2 is 1.09 bits per heavy atom. The molecular weight excluding hydrogens is 224 g/mol. The topological polar surface area (TPSA) is 0 Å². The first kappa shape index (κ1) is 18.1. The first-order chi connectivity index (χ1) is 4.83. The van der Waals surface area contributed by atoms with Gasteiger partial charge in [0.05, 0.1) is 0 Å². The molecule has 0 rings (SSSR count). The van der Waals surface area contributed by atoms with Crippen molar-refractivity contribution in [2.24, 2.45) is 0 Å². The third kappa shape index (κ3) is 35.0. The molecule has 3 heteroatoms. The van der Waals surface area contributed by atoms with Gasteiger partial charge in [-0.15, -0.1) is 0 Å². The quantitative estimate of drug-likeness (QED) is 0.549. The molecule has 0 aromatic rings. The molecule has 0 unspecified atom stereocenters. The van der Waals surface area contributed by atoms with E-state index in [0.29, 0.717) is 0 Å². The molecule has 0 spiro atoms. The van der Waals surface area contributed by atoms with Gasteiger partial charge in [0.25, 0.3) is 0 Å². The zero-order valence-corrected chi connectivity index (χ0v) is 9.94. The van der Waals surface area contributed by atoms with Crippen LogP contribution in [0.5, 0.6) is 0 Å². The van der Waals surface area contributed by atoms with Gasteiger partial charge < -0.3 is 25.3 Å². The van der Waals surface area contributed by atoms with Crippen LogP contribution in [-0.2, 0) is 42.3 Å². The molecule has 73 valence electrons. The number of unbranched alkanes of at least 4 members (excludes halogenated alkanes) is 2. The van der Waals surface area contributed by atoms with E-state index in [-0.39, 0.29) is 17.1 Å². The second-order valence-corrected chi connectivity index (χ2v) is 2.93. The average Bonchev–Trinajstić information content (AvgIpc) is 1.93. The predicted octanol–water partition coefficient (Wildman–Crippen LogP) is 2.66. The minimum Gasteiger partial charge on any atom is -0.793 e. The van der Waals surface area contributed by atoms with Gasteiger partial charge in [-0.25, -0.2) is 0 Å². The zero-order valence-electron chi connectivity index (χ0n) is 7.36. The summed E-state index contributed by atoms with van der Waals surface area (Å²) in [6.45, 7) is 4.29. The molecule has 0 aliphatic rings. The van der Waals surface area contributed by atoms with Crippen LogP contribution in [0.1, 0.15) is 39.5 Å². The Morgan fingerprint density at radius 3 is 1.09 bits per heavy atom. The van der Waals surface area contributed by atoms with Crippen LogP contribution in [0.2, 0.25) is 0 Å². The van der Waals surface area contributed by atoms with Crippen LogP contribution in [0, 0.1) is 0 Å². The molecule has 0 atom stereocenters. The predicted molar refractivity (Wildman–Crippen MR) is 54.3 cm³/mol. The van der Waals surface area contributed by atoms with Crippen LogP contribution < -0.4 is 0 Å². The second kappa shape index (κ2) is 22.5. The van der Waals surface area contributed by atoms with Crippen LogP contribution in [0.4, 0.5) is 0 Å². The summed E-state index contributed by atoms with van der Waals surface area (Å²) in [5.74, 6) is 1.85.